The molecule has 1 saturated carbocycles. The summed E-state index contributed by atoms with van der Waals surface area (Å²) in [6, 6.07) is 9.66. The van der Waals surface area contributed by atoms with E-state index in [4.69, 9.17) is 4.98 Å². The molecule has 0 spiro atoms. The molecule has 2 aliphatic rings. The summed E-state index contributed by atoms with van der Waals surface area (Å²) < 4.78 is 0. The Hall–Kier alpha value is -2.66. The molecule has 0 unspecified atom stereocenters. The van der Waals surface area contributed by atoms with Crippen molar-refractivity contribution >= 4 is 16.8 Å². The number of piperidine rings is 1. The van der Waals surface area contributed by atoms with Crippen LogP contribution in [0.15, 0.2) is 36.5 Å². The number of carbonyl (C=O) groups is 1. The van der Waals surface area contributed by atoms with Crippen molar-refractivity contribution in [2.45, 2.75) is 51.9 Å². The second-order valence-electron chi connectivity index (χ2n) is 9.79. The zero-order chi connectivity index (χ0) is 21.4. The van der Waals surface area contributed by atoms with Crippen LogP contribution in [0.1, 0.15) is 61.5 Å². The van der Waals surface area contributed by atoms with Gasteiger partial charge >= 0.3 is 0 Å². The van der Waals surface area contributed by atoms with Crippen molar-refractivity contribution < 1.29 is 9.90 Å². The molecule has 2 fully saturated rings. The number of aromatic nitrogens is 2. The van der Waals surface area contributed by atoms with E-state index in [9.17, 15) is 9.90 Å². The summed E-state index contributed by atoms with van der Waals surface area (Å²) >= 11 is 0. The summed E-state index contributed by atoms with van der Waals surface area (Å²) in [7, 11) is 0. The molecule has 162 valence electrons. The van der Waals surface area contributed by atoms with E-state index in [0.717, 1.165) is 66.1 Å². The van der Waals surface area contributed by atoms with Gasteiger partial charge in [-0.15, -0.1) is 0 Å². The lowest BCUT2D eigenvalue weighted by atomic mass is 9.76. The van der Waals surface area contributed by atoms with Gasteiger partial charge in [-0.25, -0.2) is 4.98 Å². The van der Waals surface area contributed by atoms with E-state index in [2.05, 4.69) is 29.4 Å². The van der Waals surface area contributed by atoms with Gasteiger partial charge in [0.05, 0.1) is 5.56 Å². The first-order valence-electron chi connectivity index (χ1n) is 11.6. The number of fused-ring (bicyclic) bond motifs is 1. The van der Waals surface area contributed by atoms with Crippen LogP contribution in [0.3, 0.4) is 0 Å². The Morgan fingerprint density at radius 2 is 2.00 bits per heavy atom. The largest absolute Gasteiger partial charge is 0.507 e. The van der Waals surface area contributed by atoms with E-state index in [-0.39, 0.29) is 16.9 Å². The van der Waals surface area contributed by atoms with E-state index in [1.165, 1.54) is 19.3 Å². The van der Waals surface area contributed by atoms with Gasteiger partial charge in [0.15, 0.2) is 5.78 Å². The molecule has 5 heteroatoms. The Balaban J connectivity index is 1.36. The number of aromatic hydroxyl groups is 1. The van der Waals surface area contributed by atoms with Crippen LogP contribution >= 0.6 is 0 Å². The molecule has 31 heavy (non-hydrogen) atoms. The molecular formula is C26H31N3O2. The lowest BCUT2D eigenvalue weighted by molar-refractivity contribution is 0.0889. The molecule has 0 amide bonds. The standard InChI is InChI=1S/C26H31N3O2/c1-26(9-11-27-12-10-26)15-24(31)21-7-5-18(14-23(21)30)22-16-28-25-20(22)8-6-19(29-25)13-17-3-2-4-17/h5-8,14,16-17,27,30H,2-4,9-13,15H2,1H3,(H,28,29). The molecule has 1 aliphatic carbocycles. The molecule has 1 aromatic carbocycles. The number of nitrogens with zero attached hydrogens (tertiary/aromatic N) is 1. The van der Waals surface area contributed by atoms with Crippen LogP contribution in [0.4, 0.5) is 0 Å². The fourth-order valence-corrected chi connectivity index (χ4v) is 5.02. The first kappa shape index (κ1) is 20.3. The van der Waals surface area contributed by atoms with Crippen LogP contribution < -0.4 is 5.32 Å². The molecule has 2 aromatic heterocycles. The number of phenols is 1. The number of hydrogen-bond donors (Lipinski definition) is 3. The summed E-state index contributed by atoms with van der Waals surface area (Å²) in [6.45, 7) is 4.08. The maximum atomic E-state index is 12.9. The van der Waals surface area contributed by atoms with E-state index in [1.54, 1.807) is 12.1 Å². The van der Waals surface area contributed by atoms with E-state index < -0.39 is 0 Å². The average Bonchev–Trinajstić information content (AvgIpc) is 3.14. The van der Waals surface area contributed by atoms with Crippen LogP contribution in [0.25, 0.3) is 22.2 Å². The number of ketones is 1. The van der Waals surface area contributed by atoms with Gasteiger partial charge in [0.2, 0.25) is 0 Å². The molecule has 1 aliphatic heterocycles. The van der Waals surface area contributed by atoms with E-state index >= 15 is 0 Å². The highest BCUT2D eigenvalue weighted by Gasteiger charge is 2.30. The topological polar surface area (TPSA) is 78.0 Å². The lowest BCUT2D eigenvalue weighted by Crippen LogP contribution is -2.36. The fourth-order valence-electron chi connectivity index (χ4n) is 5.02. The Kier molecular flexibility index (Phi) is 5.30. The molecule has 5 rings (SSSR count). The summed E-state index contributed by atoms with van der Waals surface area (Å²) in [5.74, 6) is 0.868. The Labute approximate surface area is 183 Å². The normalized spacial score (nSPS) is 18.7. The van der Waals surface area contributed by atoms with Crippen LogP contribution in [-0.2, 0) is 6.42 Å². The van der Waals surface area contributed by atoms with Gasteiger partial charge in [0.1, 0.15) is 11.4 Å². The van der Waals surface area contributed by atoms with Crippen molar-refractivity contribution in [1.82, 2.24) is 15.3 Å². The molecule has 3 heterocycles. The van der Waals surface area contributed by atoms with Crippen molar-refractivity contribution in [1.29, 1.82) is 0 Å². The molecule has 0 atom stereocenters. The summed E-state index contributed by atoms with van der Waals surface area (Å²) in [4.78, 5) is 21.0. The average molecular weight is 418 g/mol. The lowest BCUT2D eigenvalue weighted by Gasteiger charge is -2.33. The fraction of sp³-hybridized carbons (Fsp3) is 0.462. The van der Waals surface area contributed by atoms with Crippen molar-refractivity contribution in [2.24, 2.45) is 11.3 Å². The monoisotopic (exact) mass is 417 g/mol. The maximum absolute atomic E-state index is 12.9. The minimum atomic E-state index is 0.00709. The van der Waals surface area contributed by atoms with Crippen molar-refractivity contribution in [3.05, 3.63) is 47.8 Å². The zero-order valence-electron chi connectivity index (χ0n) is 18.2. The third-order valence-corrected chi connectivity index (χ3v) is 7.33. The van der Waals surface area contributed by atoms with Crippen molar-refractivity contribution in [2.75, 3.05) is 13.1 Å². The Morgan fingerprint density at radius 1 is 1.19 bits per heavy atom. The number of benzene rings is 1. The summed E-state index contributed by atoms with van der Waals surface area (Å²) in [5.41, 5.74) is 4.34. The van der Waals surface area contributed by atoms with Gasteiger partial charge in [0, 0.05) is 29.3 Å². The highest BCUT2D eigenvalue weighted by atomic mass is 16.3. The predicted octanol–water partition coefficient (Wildman–Crippen LogP) is 5.24. The molecular weight excluding hydrogens is 386 g/mol. The van der Waals surface area contributed by atoms with Crippen molar-refractivity contribution in [3.63, 3.8) is 0 Å². The molecule has 0 radical (unpaired) electrons. The Bertz CT molecular complexity index is 1110. The summed E-state index contributed by atoms with van der Waals surface area (Å²) in [5, 5.41) is 15.1. The maximum Gasteiger partial charge on any atom is 0.167 e. The third kappa shape index (κ3) is 4.11. The van der Waals surface area contributed by atoms with Gasteiger partial charge in [-0.1, -0.05) is 32.3 Å². The first-order chi connectivity index (χ1) is 15.0. The number of pyridine rings is 1. The number of H-pyrrole nitrogens is 1. The molecule has 1 saturated heterocycles. The third-order valence-electron chi connectivity index (χ3n) is 7.33. The van der Waals surface area contributed by atoms with Gasteiger partial charge in [-0.3, -0.25) is 4.79 Å². The van der Waals surface area contributed by atoms with Crippen LogP contribution in [-0.4, -0.2) is 33.9 Å². The second kappa shape index (κ2) is 8.12. The predicted molar refractivity (Wildman–Crippen MR) is 123 cm³/mol. The minimum Gasteiger partial charge on any atom is -0.507 e. The number of phenolic OH excluding ortho intramolecular Hbond substituents is 1. The van der Waals surface area contributed by atoms with Gasteiger partial charge in [0.25, 0.3) is 0 Å². The van der Waals surface area contributed by atoms with Crippen molar-refractivity contribution in [3.8, 4) is 16.9 Å². The number of carbonyl (C=O) groups excluding carboxylic acids is 1. The summed E-state index contributed by atoms with van der Waals surface area (Å²) in [6.07, 6.45) is 9.42. The highest BCUT2D eigenvalue weighted by molar-refractivity contribution is 6.00. The number of hydrogen-bond acceptors (Lipinski definition) is 4. The van der Waals surface area contributed by atoms with Crippen LogP contribution in [0, 0.1) is 11.3 Å². The molecule has 5 nitrogen and oxygen atoms in total. The zero-order valence-corrected chi connectivity index (χ0v) is 18.2. The Morgan fingerprint density at radius 3 is 2.71 bits per heavy atom. The number of Topliss-reactive ketones (excluding diaryl/α,β-unsaturated/α-hetero) is 1. The smallest absolute Gasteiger partial charge is 0.167 e. The van der Waals surface area contributed by atoms with Gasteiger partial charge < -0.3 is 15.4 Å². The number of aromatic amines is 1. The number of rotatable bonds is 6. The van der Waals surface area contributed by atoms with Crippen LogP contribution in [0.2, 0.25) is 0 Å². The second-order valence-corrected chi connectivity index (χ2v) is 9.79. The van der Waals surface area contributed by atoms with Crippen LogP contribution in [0.5, 0.6) is 5.75 Å². The molecule has 3 N–H and O–H groups in total. The number of nitrogens with one attached hydrogen (secondary N) is 2. The SMILES string of the molecule is CC1(CC(=O)c2ccc(-c3c[nH]c4nc(CC5CCC5)ccc34)cc2O)CCNCC1. The first-order valence-corrected chi connectivity index (χ1v) is 11.6. The molecule has 0 bridgehead atoms. The van der Waals surface area contributed by atoms with Gasteiger partial charge in [-0.05, 0) is 73.5 Å². The highest BCUT2D eigenvalue weighted by Crippen LogP contribution is 2.37. The minimum absolute atomic E-state index is 0.00709. The van der Waals surface area contributed by atoms with E-state index in [1.807, 2.05) is 12.3 Å². The van der Waals surface area contributed by atoms with E-state index in [0.29, 0.717) is 12.0 Å². The van der Waals surface area contributed by atoms with Gasteiger partial charge in [-0.2, -0.15) is 0 Å². The quantitative estimate of drug-likeness (QED) is 0.479. The molecule has 3 aromatic rings.